The van der Waals surface area contributed by atoms with Gasteiger partial charge in [-0.3, -0.25) is 9.59 Å². The molecule has 1 saturated carbocycles. The van der Waals surface area contributed by atoms with Crippen molar-refractivity contribution in [3.8, 4) is 0 Å². The van der Waals surface area contributed by atoms with Crippen molar-refractivity contribution in [1.82, 2.24) is 5.32 Å². The molecule has 1 aromatic carbocycles. The number of hydrogen-bond donors (Lipinski definition) is 2. The molecule has 1 aliphatic rings. The second-order valence-electron chi connectivity index (χ2n) is 4.86. The van der Waals surface area contributed by atoms with Crippen LogP contribution < -0.4 is 11.1 Å². The third-order valence-electron chi connectivity index (χ3n) is 3.32. The Kier molecular flexibility index (Phi) is 4.58. The molecule has 3 N–H and O–H groups in total. The highest BCUT2D eigenvalue weighted by atomic mass is 79.9. The van der Waals surface area contributed by atoms with Gasteiger partial charge in [0, 0.05) is 23.4 Å². The minimum Gasteiger partial charge on any atom is -0.370 e. The Morgan fingerprint density at radius 2 is 2.00 bits per heavy atom. The lowest BCUT2D eigenvalue weighted by Crippen LogP contribution is -2.27. The normalized spacial score (nSPS) is 20.9. The molecule has 0 aliphatic heterocycles. The fourth-order valence-electron chi connectivity index (χ4n) is 2.17. The molecular formula is C14H17BrN2O2. The van der Waals surface area contributed by atoms with E-state index >= 15 is 0 Å². The molecular weight excluding hydrogens is 308 g/mol. The van der Waals surface area contributed by atoms with Crippen molar-refractivity contribution < 1.29 is 9.59 Å². The maximum absolute atomic E-state index is 11.9. The van der Waals surface area contributed by atoms with Crippen molar-refractivity contribution in [2.24, 2.45) is 11.7 Å². The van der Waals surface area contributed by atoms with Gasteiger partial charge in [0.25, 0.3) is 0 Å². The summed E-state index contributed by atoms with van der Waals surface area (Å²) in [6.07, 6.45) is 1.83. The van der Waals surface area contributed by atoms with Crippen molar-refractivity contribution in [2.75, 3.05) is 6.54 Å². The van der Waals surface area contributed by atoms with Crippen molar-refractivity contribution in [3.05, 3.63) is 34.3 Å². The lowest BCUT2D eigenvalue weighted by atomic mass is 10.1. The van der Waals surface area contributed by atoms with E-state index in [1.54, 1.807) is 0 Å². The van der Waals surface area contributed by atoms with Crippen molar-refractivity contribution in [2.45, 2.75) is 25.2 Å². The Bertz CT molecular complexity index is 473. The fourth-order valence-corrected chi connectivity index (χ4v) is 2.43. The van der Waals surface area contributed by atoms with Gasteiger partial charge < -0.3 is 11.1 Å². The van der Waals surface area contributed by atoms with Gasteiger partial charge in [-0.2, -0.15) is 0 Å². The van der Waals surface area contributed by atoms with E-state index in [-0.39, 0.29) is 17.7 Å². The number of primary amides is 1. The number of rotatable bonds is 6. The SMILES string of the molecule is NC(=O)CCCNC(=O)[C@@H]1C[C@H]1c1ccc(Br)cc1. The number of benzene rings is 1. The van der Waals surface area contributed by atoms with Crippen molar-refractivity contribution in [1.29, 1.82) is 0 Å². The number of carbonyl (C=O) groups is 2. The summed E-state index contributed by atoms with van der Waals surface area (Å²) >= 11 is 3.40. The maximum Gasteiger partial charge on any atom is 0.223 e. The van der Waals surface area contributed by atoms with Crippen LogP contribution in [0.5, 0.6) is 0 Å². The number of carbonyl (C=O) groups excluding carboxylic acids is 2. The maximum atomic E-state index is 11.9. The van der Waals surface area contributed by atoms with Gasteiger partial charge in [-0.15, -0.1) is 0 Å². The van der Waals surface area contributed by atoms with E-state index in [4.69, 9.17) is 5.73 Å². The molecule has 5 heteroatoms. The van der Waals surface area contributed by atoms with E-state index in [1.165, 1.54) is 5.56 Å². The molecule has 2 atom stereocenters. The van der Waals surface area contributed by atoms with E-state index < -0.39 is 0 Å². The highest BCUT2D eigenvalue weighted by molar-refractivity contribution is 9.10. The first kappa shape index (κ1) is 14.1. The van der Waals surface area contributed by atoms with E-state index in [0.717, 1.165) is 10.9 Å². The molecule has 0 radical (unpaired) electrons. The average molecular weight is 325 g/mol. The van der Waals surface area contributed by atoms with Gasteiger partial charge in [0.2, 0.25) is 11.8 Å². The molecule has 2 amide bonds. The first-order valence-electron chi connectivity index (χ1n) is 6.39. The van der Waals surface area contributed by atoms with Crippen molar-refractivity contribution in [3.63, 3.8) is 0 Å². The lowest BCUT2D eigenvalue weighted by Gasteiger charge is -2.04. The van der Waals surface area contributed by atoms with Crippen LogP contribution in [0.4, 0.5) is 0 Å². The number of nitrogens with two attached hydrogens (primary N) is 1. The molecule has 102 valence electrons. The fraction of sp³-hybridized carbons (Fsp3) is 0.429. The van der Waals surface area contributed by atoms with Crippen LogP contribution in [0.25, 0.3) is 0 Å². The zero-order chi connectivity index (χ0) is 13.8. The molecule has 0 unspecified atom stereocenters. The Labute approximate surface area is 120 Å². The largest absolute Gasteiger partial charge is 0.370 e. The number of hydrogen-bond acceptors (Lipinski definition) is 2. The van der Waals surface area contributed by atoms with E-state index in [9.17, 15) is 9.59 Å². The molecule has 0 aromatic heterocycles. The monoisotopic (exact) mass is 324 g/mol. The molecule has 4 nitrogen and oxygen atoms in total. The zero-order valence-electron chi connectivity index (χ0n) is 10.6. The molecule has 0 saturated heterocycles. The van der Waals surface area contributed by atoms with Crippen molar-refractivity contribution >= 4 is 27.7 Å². The van der Waals surface area contributed by atoms with Gasteiger partial charge in [-0.25, -0.2) is 0 Å². The summed E-state index contributed by atoms with van der Waals surface area (Å²) in [5.74, 6) is 0.171. The summed E-state index contributed by atoms with van der Waals surface area (Å²) in [6, 6.07) is 8.09. The first-order chi connectivity index (χ1) is 9.08. The number of amides is 2. The van der Waals surface area contributed by atoms with E-state index in [2.05, 4.69) is 33.4 Å². The highest BCUT2D eigenvalue weighted by Crippen LogP contribution is 2.47. The van der Waals surface area contributed by atoms with Gasteiger partial charge in [-0.1, -0.05) is 28.1 Å². The van der Waals surface area contributed by atoms with Crippen LogP contribution in [-0.4, -0.2) is 18.4 Å². The summed E-state index contributed by atoms with van der Waals surface area (Å²) < 4.78 is 1.05. The topological polar surface area (TPSA) is 72.2 Å². The van der Waals surface area contributed by atoms with Crippen LogP contribution >= 0.6 is 15.9 Å². The third kappa shape index (κ3) is 4.06. The van der Waals surface area contributed by atoms with E-state index in [0.29, 0.717) is 25.3 Å². The molecule has 0 bridgehead atoms. The van der Waals surface area contributed by atoms with Crippen LogP contribution in [0.15, 0.2) is 28.7 Å². The average Bonchev–Trinajstić information content (AvgIpc) is 3.15. The summed E-state index contributed by atoms with van der Waals surface area (Å²) in [5, 5.41) is 2.86. The number of nitrogens with one attached hydrogen (secondary N) is 1. The predicted molar refractivity (Wildman–Crippen MR) is 76.4 cm³/mol. The Balaban J connectivity index is 1.74. The minimum absolute atomic E-state index is 0.0785. The van der Waals surface area contributed by atoms with Gasteiger partial charge >= 0.3 is 0 Å². The summed E-state index contributed by atoms with van der Waals surface area (Å²) in [7, 11) is 0. The molecule has 1 fully saturated rings. The standard InChI is InChI=1S/C14H17BrN2O2/c15-10-5-3-9(4-6-10)11-8-12(11)14(19)17-7-1-2-13(16)18/h3-6,11-12H,1-2,7-8H2,(H2,16,18)(H,17,19)/t11-,12+/m0/s1. The lowest BCUT2D eigenvalue weighted by molar-refractivity contribution is -0.123. The first-order valence-corrected chi connectivity index (χ1v) is 7.18. The van der Waals surface area contributed by atoms with Gasteiger partial charge in [0.1, 0.15) is 0 Å². The van der Waals surface area contributed by atoms with Gasteiger partial charge in [0.05, 0.1) is 0 Å². The van der Waals surface area contributed by atoms with Gasteiger partial charge in [0.15, 0.2) is 0 Å². The summed E-state index contributed by atoms with van der Waals surface area (Å²) in [4.78, 5) is 22.4. The van der Waals surface area contributed by atoms with Gasteiger partial charge in [-0.05, 0) is 36.5 Å². The van der Waals surface area contributed by atoms with Crippen LogP contribution in [0.1, 0.15) is 30.7 Å². The van der Waals surface area contributed by atoms with Crippen LogP contribution in [0, 0.1) is 5.92 Å². The molecule has 2 rings (SSSR count). The smallest absolute Gasteiger partial charge is 0.223 e. The highest BCUT2D eigenvalue weighted by Gasteiger charge is 2.43. The van der Waals surface area contributed by atoms with Crippen LogP contribution in [-0.2, 0) is 9.59 Å². The van der Waals surface area contributed by atoms with Crippen LogP contribution in [0.2, 0.25) is 0 Å². The second-order valence-corrected chi connectivity index (χ2v) is 5.78. The second kappa shape index (κ2) is 6.19. The Morgan fingerprint density at radius 3 is 2.63 bits per heavy atom. The van der Waals surface area contributed by atoms with E-state index in [1.807, 2.05) is 12.1 Å². The third-order valence-corrected chi connectivity index (χ3v) is 3.85. The quantitative estimate of drug-likeness (QED) is 0.785. The predicted octanol–water partition coefficient (Wildman–Crippen LogP) is 1.93. The molecule has 19 heavy (non-hydrogen) atoms. The molecule has 1 aromatic rings. The molecule has 0 spiro atoms. The zero-order valence-corrected chi connectivity index (χ0v) is 12.2. The Morgan fingerprint density at radius 1 is 1.32 bits per heavy atom. The Hall–Kier alpha value is -1.36. The number of halogens is 1. The molecule has 1 aliphatic carbocycles. The summed E-state index contributed by atoms with van der Waals surface area (Å²) in [5.41, 5.74) is 6.25. The summed E-state index contributed by atoms with van der Waals surface area (Å²) in [6.45, 7) is 0.519. The van der Waals surface area contributed by atoms with Crippen LogP contribution in [0.3, 0.4) is 0 Å². The molecule has 0 heterocycles. The minimum atomic E-state index is -0.326.